The standard InChI is InChI=1S/C8H16.CH3Cl/c1-5-6-8(4)7(2)3;1-2/h6-7H,5H2,1-4H3;1H3/b8-6-;. The summed E-state index contributed by atoms with van der Waals surface area (Å²) in [5.74, 6) is 0.731. The molecule has 0 aliphatic rings. The van der Waals surface area contributed by atoms with Crippen LogP contribution in [0.25, 0.3) is 0 Å². The van der Waals surface area contributed by atoms with Crippen LogP contribution in [-0.4, -0.2) is 6.38 Å². The highest BCUT2D eigenvalue weighted by atomic mass is 35.5. The second-order valence-electron chi connectivity index (χ2n) is 2.51. The second-order valence-corrected chi connectivity index (χ2v) is 2.51. The van der Waals surface area contributed by atoms with Crippen molar-refractivity contribution in [2.24, 2.45) is 5.92 Å². The Morgan fingerprint density at radius 3 is 1.90 bits per heavy atom. The summed E-state index contributed by atoms with van der Waals surface area (Å²) >= 11 is 4.64. The zero-order valence-electron chi connectivity index (χ0n) is 7.74. The Morgan fingerprint density at radius 2 is 1.80 bits per heavy atom. The first-order valence-electron chi connectivity index (χ1n) is 3.73. The zero-order chi connectivity index (χ0) is 8.57. The zero-order valence-corrected chi connectivity index (χ0v) is 8.50. The molecule has 0 aromatic carbocycles. The Kier molecular flexibility index (Phi) is 11.5. The molecule has 0 unspecified atom stereocenters. The Morgan fingerprint density at radius 1 is 1.40 bits per heavy atom. The largest absolute Gasteiger partial charge is 0.130 e. The molecule has 0 aromatic heterocycles. The molecule has 0 bridgehead atoms. The Hall–Kier alpha value is 0.0300. The quantitative estimate of drug-likeness (QED) is 0.428. The van der Waals surface area contributed by atoms with Gasteiger partial charge >= 0.3 is 0 Å². The maximum Gasteiger partial charge on any atom is 0.0108 e. The van der Waals surface area contributed by atoms with Gasteiger partial charge in [0.25, 0.3) is 0 Å². The van der Waals surface area contributed by atoms with Gasteiger partial charge in [0.15, 0.2) is 0 Å². The molecule has 1 heteroatoms. The topological polar surface area (TPSA) is 0 Å². The number of hydrogen-bond donors (Lipinski definition) is 0. The van der Waals surface area contributed by atoms with Crippen molar-refractivity contribution in [1.29, 1.82) is 0 Å². The van der Waals surface area contributed by atoms with Gasteiger partial charge in [-0.25, -0.2) is 0 Å². The lowest BCUT2D eigenvalue weighted by Gasteiger charge is -2.01. The van der Waals surface area contributed by atoms with Crippen LogP contribution in [0.1, 0.15) is 34.1 Å². The first kappa shape index (κ1) is 12.7. The third kappa shape index (κ3) is 8.03. The van der Waals surface area contributed by atoms with Gasteiger partial charge in [0.2, 0.25) is 0 Å². The highest BCUT2D eigenvalue weighted by molar-refractivity contribution is 6.15. The molecule has 0 saturated carbocycles. The van der Waals surface area contributed by atoms with E-state index >= 15 is 0 Å². The minimum Gasteiger partial charge on any atom is -0.130 e. The van der Waals surface area contributed by atoms with Crippen LogP contribution < -0.4 is 0 Å². The Balaban J connectivity index is 0. The average Bonchev–Trinajstić information content (AvgIpc) is 1.93. The van der Waals surface area contributed by atoms with Gasteiger partial charge < -0.3 is 0 Å². The molecular weight excluding hydrogens is 144 g/mol. The van der Waals surface area contributed by atoms with Gasteiger partial charge in [0.05, 0.1) is 0 Å². The van der Waals surface area contributed by atoms with Gasteiger partial charge in [-0.15, -0.1) is 11.6 Å². The van der Waals surface area contributed by atoms with Crippen LogP contribution in [0.5, 0.6) is 0 Å². The predicted octanol–water partition coefficient (Wildman–Crippen LogP) is 3.85. The molecule has 0 radical (unpaired) electrons. The van der Waals surface area contributed by atoms with Crippen LogP contribution in [0.2, 0.25) is 0 Å². The summed E-state index contributed by atoms with van der Waals surface area (Å²) in [7, 11) is 0. The smallest absolute Gasteiger partial charge is 0.0108 e. The summed E-state index contributed by atoms with van der Waals surface area (Å²) in [6, 6.07) is 0. The second kappa shape index (κ2) is 9.03. The summed E-state index contributed by atoms with van der Waals surface area (Å²) < 4.78 is 0. The highest BCUT2D eigenvalue weighted by Crippen LogP contribution is 2.07. The molecule has 0 spiro atoms. The lowest BCUT2D eigenvalue weighted by molar-refractivity contribution is 0.763. The monoisotopic (exact) mass is 162 g/mol. The molecule has 0 aliphatic heterocycles. The number of rotatable bonds is 2. The maximum atomic E-state index is 4.64. The Labute approximate surface area is 70.3 Å². The fraction of sp³-hybridized carbons (Fsp3) is 0.778. The van der Waals surface area contributed by atoms with Crippen molar-refractivity contribution in [2.45, 2.75) is 34.1 Å². The molecule has 62 valence electrons. The minimum atomic E-state index is 0.731. The van der Waals surface area contributed by atoms with E-state index in [1.807, 2.05) is 0 Å². The predicted molar refractivity (Wildman–Crippen MR) is 50.7 cm³/mol. The molecule has 0 fully saturated rings. The van der Waals surface area contributed by atoms with E-state index in [0.29, 0.717) is 0 Å². The molecule has 0 saturated heterocycles. The van der Waals surface area contributed by atoms with Crippen LogP contribution in [0.3, 0.4) is 0 Å². The lowest BCUT2D eigenvalue weighted by atomic mass is 10.0. The summed E-state index contributed by atoms with van der Waals surface area (Å²) in [5.41, 5.74) is 1.51. The highest BCUT2D eigenvalue weighted by Gasteiger charge is 1.91. The molecule has 0 aromatic rings. The molecule has 0 heterocycles. The fourth-order valence-electron chi connectivity index (χ4n) is 0.558. The van der Waals surface area contributed by atoms with Crippen LogP contribution in [0.15, 0.2) is 11.6 Å². The molecule has 10 heavy (non-hydrogen) atoms. The first-order valence-corrected chi connectivity index (χ1v) is 4.48. The fourth-order valence-corrected chi connectivity index (χ4v) is 0.558. The maximum absolute atomic E-state index is 4.64. The van der Waals surface area contributed by atoms with Gasteiger partial charge in [-0.3, -0.25) is 0 Å². The number of alkyl halides is 1. The van der Waals surface area contributed by atoms with Crippen molar-refractivity contribution in [3.8, 4) is 0 Å². The third-order valence-electron chi connectivity index (χ3n) is 1.44. The van der Waals surface area contributed by atoms with Gasteiger partial charge in [0.1, 0.15) is 0 Å². The summed E-state index contributed by atoms with van der Waals surface area (Å²) in [6.07, 6.45) is 4.93. The molecular formula is C9H19Cl. The van der Waals surface area contributed by atoms with E-state index in [2.05, 4.69) is 45.4 Å². The number of halogens is 1. The lowest BCUT2D eigenvalue weighted by Crippen LogP contribution is -1.86. The summed E-state index contributed by atoms with van der Waals surface area (Å²) in [6.45, 7) is 8.81. The van der Waals surface area contributed by atoms with E-state index in [4.69, 9.17) is 0 Å². The van der Waals surface area contributed by atoms with E-state index in [1.165, 1.54) is 18.4 Å². The van der Waals surface area contributed by atoms with Crippen molar-refractivity contribution in [3.05, 3.63) is 11.6 Å². The molecule has 0 amide bonds. The van der Waals surface area contributed by atoms with Crippen molar-refractivity contribution in [3.63, 3.8) is 0 Å². The van der Waals surface area contributed by atoms with E-state index in [0.717, 1.165) is 5.92 Å². The number of allylic oxidation sites excluding steroid dienone is 2. The normalized spacial score (nSPS) is 10.9. The van der Waals surface area contributed by atoms with Crippen LogP contribution >= 0.6 is 11.6 Å². The van der Waals surface area contributed by atoms with Gasteiger partial charge in [-0.1, -0.05) is 32.4 Å². The number of hydrogen-bond acceptors (Lipinski definition) is 0. The molecule has 0 aliphatic carbocycles. The van der Waals surface area contributed by atoms with E-state index in [1.54, 1.807) is 0 Å². The molecule has 0 N–H and O–H groups in total. The third-order valence-corrected chi connectivity index (χ3v) is 1.44. The van der Waals surface area contributed by atoms with Crippen molar-refractivity contribution < 1.29 is 0 Å². The van der Waals surface area contributed by atoms with Crippen molar-refractivity contribution >= 4 is 11.6 Å². The molecule has 0 nitrogen and oxygen atoms in total. The SMILES string of the molecule is CC/C=C(/C)C(C)C.CCl. The van der Waals surface area contributed by atoms with Crippen molar-refractivity contribution in [1.82, 2.24) is 0 Å². The molecule has 0 rings (SSSR count). The van der Waals surface area contributed by atoms with E-state index in [-0.39, 0.29) is 0 Å². The minimum absolute atomic E-state index is 0.731. The van der Waals surface area contributed by atoms with Crippen LogP contribution in [-0.2, 0) is 0 Å². The Bertz CT molecular complexity index is 82.7. The first-order chi connectivity index (χ1) is 4.68. The van der Waals surface area contributed by atoms with E-state index in [9.17, 15) is 0 Å². The summed E-state index contributed by atoms with van der Waals surface area (Å²) in [5, 5.41) is 0. The molecule has 0 atom stereocenters. The van der Waals surface area contributed by atoms with Crippen molar-refractivity contribution in [2.75, 3.05) is 6.38 Å². The van der Waals surface area contributed by atoms with Crippen LogP contribution in [0.4, 0.5) is 0 Å². The van der Waals surface area contributed by atoms with Gasteiger partial charge in [-0.05, 0) is 19.3 Å². The van der Waals surface area contributed by atoms with Gasteiger partial charge in [0, 0.05) is 6.38 Å². The van der Waals surface area contributed by atoms with Crippen LogP contribution in [0, 0.1) is 5.92 Å². The van der Waals surface area contributed by atoms with E-state index < -0.39 is 0 Å². The van der Waals surface area contributed by atoms with Gasteiger partial charge in [-0.2, -0.15) is 0 Å². The summed E-state index contributed by atoms with van der Waals surface area (Å²) in [4.78, 5) is 0. The average molecular weight is 163 g/mol.